The van der Waals surface area contributed by atoms with Gasteiger partial charge in [0.1, 0.15) is 6.26 Å². The van der Waals surface area contributed by atoms with Gasteiger partial charge in [-0.3, -0.25) is 0 Å². The van der Waals surface area contributed by atoms with Crippen molar-refractivity contribution in [2.75, 3.05) is 6.54 Å². The molecule has 2 N–H and O–H groups in total. The maximum absolute atomic E-state index is 5.43. The fourth-order valence-electron chi connectivity index (χ4n) is 0.727. The molecule has 1 aromatic heterocycles. The van der Waals surface area contributed by atoms with Crippen LogP contribution in [0.1, 0.15) is 24.4 Å². The second-order valence-corrected chi connectivity index (χ2v) is 2.43. The van der Waals surface area contributed by atoms with Crippen LogP contribution >= 0.6 is 0 Å². The molecule has 0 aromatic carbocycles. The Kier molecular flexibility index (Phi) is 2.06. The topological polar surface area (TPSA) is 52.0 Å². The van der Waals surface area contributed by atoms with Gasteiger partial charge < -0.3 is 10.2 Å². The monoisotopic (exact) mass is 140 g/mol. The van der Waals surface area contributed by atoms with Crippen molar-refractivity contribution < 1.29 is 4.42 Å². The van der Waals surface area contributed by atoms with Crippen molar-refractivity contribution in [2.45, 2.75) is 19.8 Å². The van der Waals surface area contributed by atoms with Gasteiger partial charge in [-0.2, -0.15) is 0 Å². The van der Waals surface area contributed by atoms with Crippen molar-refractivity contribution in [3.8, 4) is 0 Å². The Balaban J connectivity index is 2.74. The van der Waals surface area contributed by atoms with E-state index in [4.69, 9.17) is 10.2 Å². The van der Waals surface area contributed by atoms with E-state index in [2.05, 4.69) is 4.98 Å². The molecule has 3 heteroatoms. The molecule has 3 nitrogen and oxygen atoms in total. The van der Waals surface area contributed by atoms with Gasteiger partial charge in [0.2, 0.25) is 0 Å². The first-order chi connectivity index (χ1) is 4.74. The zero-order valence-corrected chi connectivity index (χ0v) is 6.29. The summed E-state index contributed by atoms with van der Waals surface area (Å²) in [6, 6.07) is 0. The normalized spacial score (nSPS) is 13.5. The van der Waals surface area contributed by atoms with E-state index in [1.807, 2.05) is 13.8 Å². The maximum atomic E-state index is 5.43. The summed E-state index contributed by atoms with van der Waals surface area (Å²) in [6.07, 6.45) is 1.66. The lowest BCUT2D eigenvalue weighted by molar-refractivity contribution is 0.520. The summed E-state index contributed by atoms with van der Waals surface area (Å²) in [5.41, 5.74) is 6.38. The fourth-order valence-corrected chi connectivity index (χ4v) is 0.727. The van der Waals surface area contributed by atoms with E-state index in [1.165, 1.54) is 0 Å². The minimum absolute atomic E-state index is 0.303. The molecule has 0 fully saturated rings. The number of oxazole rings is 1. The number of hydrogen-bond donors (Lipinski definition) is 1. The van der Waals surface area contributed by atoms with E-state index in [-0.39, 0.29) is 0 Å². The second kappa shape index (κ2) is 2.84. The minimum atomic E-state index is 0.303. The zero-order valence-electron chi connectivity index (χ0n) is 6.29. The van der Waals surface area contributed by atoms with Crippen LogP contribution in [0, 0.1) is 6.92 Å². The summed E-state index contributed by atoms with van der Waals surface area (Å²) >= 11 is 0. The summed E-state index contributed by atoms with van der Waals surface area (Å²) < 4.78 is 5.02. The molecule has 0 bridgehead atoms. The van der Waals surface area contributed by atoms with Crippen LogP contribution in [0.15, 0.2) is 10.7 Å². The Bertz CT molecular complexity index is 207. The first kappa shape index (κ1) is 7.28. The third-order valence-electron chi connectivity index (χ3n) is 1.50. The molecule has 56 valence electrons. The average Bonchev–Trinajstić information content (AvgIpc) is 2.34. The quantitative estimate of drug-likeness (QED) is 0.667. The van der Waals surface area contributed by atoms with Crippen molar-refractivity contribution in [1.29, 1.82) is 0 Å². The lowest BCUT2D eigenvalue weighted by atomic mass is 10.1. The zero-order chi connectivity index (χ0) is 7.56. The van der Waals surface area contributed by atoms with Gasteiger partial charge in [0.25, 0.3) is 0 Å². The van der Waals surface area contributed by atoms with Crippen molar-refractivity contribution >= 4 is 0 Å². The fraction of sp³-hybridized carbons (Fsp3) is 0.571. The third-order valence-corrected chi connectivity index (χ3v) is 1.50. The van der Waals surface area contributed by atoms with Crippen LogP contribution in [-0.4, -0.2) is 11.5 Å². The molecule has 1 rings (SSSR count). The Morgan fingerprint density at radius 3 is 2.90 bits per heavy atom. The highest BCUT2D eigenvalue weighted by Gasteiger charge is 2.06. The average molecular weight is 140 g/mol. The second-order valence-electron chi connectivity index (χ2n) is 2.43. The van der Waals surface area contributed by atoms with E-state index in [9.17, 15) is 0 Å². The molecular weight excluding hydrogens is 128 g/mol. The highest BCUT2D eigenvalue weighted by molar-refractivity contribution is 5.02. The molecule has 0 saturated heterocycles. The summed E-state index contributed by atoms with van der Waals surface area (Å²) in [7, 11) is 0. The number of rotatable bonds is 2. The maximum Gasteiger partial charge on any atom is 0.191 e. The number of aryl methyl sites for hydroxylation is 1. The molecule has 1 aromatic rings. The smallest absolute Gasteiger partial charge is 0.191 e. The number of nitrogens with two attached hydrogens (primary N) is 1. The van der Waals surface area contributed by atoms with Crippen molar-refractivity contribution in [1.82, 2.24) is 4.98 Å². The number of hydrogen-bond acceptors (Lipinski definition) is 3. The molecule has 0 amide bonds. The van der Waals surface area contributed by atoms with E-state index < -0.39 is 0 Å². The lowest BCUT2D eigenvalue weighted by Crippen LogP contribution is -2.08. The standard InChI is InChI=1S/C7H12N2O/c1-5(3-8)7-4-10-6(2)9-7/h4-5H,3,8H2,1-2H3. The summed E-state index contributed by atoms with van der Waals surface area (Å²) in [6.45, 7) is 4.47. The molecule has 0 spiro atoms. The van der Waals surface area contributed by atoms with Gasteiger partial charge in [0, 0.05) is 19.4 Å². The number of nitrogens with zero attached hydrogens (tertiary/aromatic N) is 1. The van der Waals surface area contributed by atoms with Crippen molar-refractivity contribution in [3.05, 3.63) is 17.8 Å². The summed E-state index contributed by atoms with van der Waals surface area (Å²) in [5, 5.41) is 0. The van der Waals surface area contributed by atoms with Crippen molar-refractivity contribution in [3.63, 3.8) is 0 Å². The molecule has 10 heavy (non-hydrogen) atoms. The summed E-state index contributed by atoms with van der Waals surface area (Å²) in [4.78, 5) is 4.13. The summed E-state index contributed by atoms with van der Waals surface area (Å²) in [5.74, 6) is 1.01. The first-order valence-electron chi connectivity index (χ1n) is 3.36. The molecular formula is C7H12N2O. The van der Waals surface area contributed by atoms with Crippen LogP contribution in [0.3, 0.4) is 0 Å². The predicted octanol–water partition coefficient (Wildman–Crippen LogP) is 1.05. The SMILES string of the molecule is Cc1nc(C(C)CN)co1. The minimum Gasteiger partial charge on any atom is -0.449 e. The van der Waals surface area contributed by atoms with Gasteiger partial charge in [0.05, 0.1) is 5.69 Å². The lowest BCUT2D eigenvalue weighted by Gasteiger charge is -2.00. The highest BCUT2D eigenvalue weighted by Crippen LogP contribution is 2.11. The van der Waals surface area contributed by atoms with E-state index in [1.54, 1.807) is 6.26 Å². The van der Waals surface area contributed by atoms with Crippen LogP contribution in [0.2, 0.25) is 0 Å². The van der Waals surface area contributed by atoms with E-state index >= 15 is 0 Å². The van der Waals surface area contributed by atoms with Crippen LogP contribution in [0.5, 0.6) is 0 Å². The highest BCUT2D eigenvalue weighted by atomic mass is 16.3. The molecule has 0 aliphatic rings. The molecule has 0 radical (unpaired) electrons. The van der Waals surface area contributed by atoms with Crippen LogP contribution in [0.4, 0.5) is 0 Å². The van der Waals surface area contributed by atoms with Crippen LogP contribution < -0.4 is 5.73 Å². The third kappa shape index (κ3) is 1.36. The predicted molar refractivity (Wildman–Crippen MR) is 38.7 cm³/mol. The molecule has 1 unspecified atom stereocenters. The Hall–Kier alpha value is -0.830. The first-order valence-corrected chi connectivity index (χ1v) is 3.36. The molecule has 1 heterocycles. The Morgan fingerprint density at radius 2 is 2.50 bits per heavy atom. The largest absolute Gasteiger partial charge is 0.449 e. The van der Waals surface area contributed by atoms with Gasteiger partial charge in [0.15, 0.2) is 5.89 Å². The molecule has 0 aliphatic heterocycles. The van der Waals surface area contributed by atoms with Crippen LogP contribution in [0.25, 0.3) is 0 Å². The molecule has 0 saturated carbocycles. The Labute approximate surface area is 60.2 Å². The van der Waals surface area contributed by atoms with Gasteiger partial charge in [-0.25, -0.2) is 4.98 Å². The van der Waals surface area contributed by atoms with Gasteiger partial charge >= 0.3 is 0 Å². The van der Waals surface area contributed by atoms with Gasteiger partial charge in [-0.1, -0.05) is 6.92 Å². The van der Waals surface area contributed by atoms with Crippen molar-refractivity contribution in [2.24, 2.45) is 5.73 Å². The van der Waals surface area contributed by atoms with Gasteiger partial charge in [-0.05, 0) is 0 Å². The van der Waals surface area contributed by atoms with Gasteiger partial charge in [-0.15, -0.1) is 0 Å². The van der Waals surface area contributed by atoms with Crippen LogP contribution in [-0.2, 0) is 0 Å². The Morgan fingerprint density at radius 1 is 1.80 bits per heavy atom. The molecule has 0 aliphatic carbocycles. The van der Waals surface area contributed by atoms with E-state index in [0.29, 0.717) is 18.4 Å². The number of aromatic nitrogens is 1. The van der Waals surface area contributed by atoms with E-state index in [0.717, 1.165) is 5.69 Å². The molecule has 1 atom stereocenters.